The first-order chi connectivity index (χ1) is 8.57. The van der Waals surface area contributed by atoms with Crippen molar-refractivity contribution in [2.45, 2.75) is 19.9 Å². The lowest BCUT2D eigenvalue weighted by molar-refractivity contribution is 0.305. The first-order valence-corrected chi connectivity index (χ1v) is 7.38. The van der Waals surface area contributed by atoms with E-state index in [0.29, 0.717) is 13.0 Å². The average Bonchev–Trinajstić information content (AvgIpc) is 2.38. The number of hydrogen-bond acceptors (Lipinski definition) is 3. The molecule has 5 heteroatoms. The molecule has 98 valence electrons. The van der Waals surface area contributed by atoms with Crippen molar-refractivity contribution < 1.29 is 13.5 Å². The standard InChI is InChI=1S/C13H17NO3S/c1-2-18(16,17)14-11-13-8-6-12(7-9-13)5-3-4-10-15/h6-9,14-15H,2,4,10-11H2,1H3. The van der Waals surface area contributed by atoms with Gasteiger partial charge in [0.25, 0.3) is 0 Å². The highest BCUT2D eigenvalue weighted by Gasteiger charge is 2.05. The smallest absolute Gasteiger partial charge is 0.211 e. The molecule has 0 heterocycles. The first-order valence-electron chi connectivity index (χ1n) is 5.73. The normalized spacial score (nSPS) is 10.8. The summed E-state index contributed by atoms with van der Waals surface area (Å²) in [5.41, 5.74) is 1.74. The van der Waals surface area contributed by atoms with Crippen LogP contribution in [0.4, 0.5) is 0 Å². The Balaban J connectivity index is 2.59. The molecule has 1 aromatic rings. The quantitative estimate of drug-likeness (QED) is 0.778. The highest BCUT2D eigenvalue weighted by molar-refractivity contribution is 7.89. The fraction of sp³-hybridized carbons (Fsp3) is 0.385. The molecule has 0 amide bonds. The molecule has 0 saturated heterocycles. The number of rotatable bonds is 5. The third-order valence-electron chi connectivity index (χ3n) is 2.30. The van der Waals surface area contributed by atoms with E-state index in [1.807, 2.05) is 24.3 Å². The fourth-order valence-electron chi connectivity index (χ4n) is 1.22. The van der Waals surface area contributed by atoms with Gasteiger partial charge < -0.3 is 5.11 Å². The third-order valence-corrected chi connectivity index (χ3v) is 3.64. The van der Waals surface area contributed by atoms with E-state index in [2.05, 4.69) is 16.6 Å². The molecule has 0 aliphatic carbocycles. The molecule has 0 bridgehead atoms. The molecule has 0 unspecified atom stereocenters. The molecule has 1 aromatic carbocycles. The molecule has 1 rings (SSSR count). The van der Waals surface area contributed by atoms with Crippen molar-refractivity contribution in [3.8, 4) is 11.8 Å². The number of aliphatic hydroxyl groups excluding tert-OH is 1. The Bertz CT molecular complexity index is 524. The van der Waals surface area contributed by atoms with Gasteiger partial charge in [-0.15, -0.1) is 0 Å². The summed E-state index contributed by atoms with van der Waals surface area (Å²) < 4.78 is 25.0. The number of aliphatic hydroxyl groups is 1. The van der Waals surface area contributed by atoms with Crippen molar-refractivity contribution in [2.75, 3.05) is 12.4 Å². The summed E-state index contributed by atoms with van der Waals surface area (Å²) in [5, 5.41) is 8.59. The largest absolute Gasteiger partial charge is 0.395 e. The van der Waals surface area contributed by atoms with Crippen LogP contribution in [0.5, 0.6) is 0 Å². The van der Waals surface area contributed by atoms with Gasteiger partial charge in [0.1, 0.15) is 0 Å². The van der Waals surface area contributed by atoms with Gasteiger partial charge in [-0.1, -0.05) is 24.0 Å². The van der Waals surface area contributed by atoms with E-state index in [1.54, 1.807) is 6.92 Å². The van der Waals surface area contributed by atoms with Crippen LogP contribution in [-0.2, 0) is 16.6 Å². The number of hydrogen-bond donors (Lipinski definition) is 2. The maximum atomic E-state index is 11.3. The summed E-state index contributed by atoms with van der Waals surface area (Å²) >= 11 is 0. The van der Waals surface area contributed by atoms with Crippen molar-refractivity contribution in [1.29, 1.82) is 0 Å². The zero-order valence-electron chi connectivity index (χ0n) is 10.3. The van der Waals surface area contributed by atoms with Crippen LogP contribution >= 0.6 is 0 Å². The highest BCUT2D eigenvalue weighted by atomic mass is 32.2. The van der Waals surface area contributed by atoms with Gasteiger partial charge in [-0.25, -0.2) is 13.1 Å². The summed E-state index contributed by atoms with van der Waals surface area (Å²) in [7, 11) is -3.15. The molecule has 0 saturated carbocycles. The first kappa shape index (κ1) is 14.7. The van der Waals surface area contributed by atoms with E-state index >= 15 is 0 Å². The molecule has 0 radical (unpaired) electrons. The summed E-state index contributed by atoms with van der Waals surface area (Å²) in [4.78, 5) is 0. The van der Waals surface area contributed by atoms with Crippen LogP contribution in [0.25, 0.3) is 0 Å². The van der Waals surface area contributed by atoms with Crippen molar-refractivity contribution in [2.24, 2.45) is 0 Å². The average molecular weight is 267 g/mol. The minimum absolute atomic E-state index is 0.0594. The summed E-state index contributed by atoms with van der Waals surface area (Å²) in [6, 6.07) is 7.34. The minimum Gasteiger partial charge on any atom is -0.395 e. The number of sulfonamides is 1. The predicted molar refractivity (Wildman–Crippen MR) is 71.3 cm³/mol. The van der Waals surface area contributed by atoms with E-state index in [-0.39, 0.29) is 12.4 Å². The third kappa shape index (κ3) is 5.32. The minimum atomic E-state index is -3.15. The molecule has 4 nitrogen and oxygen atoms in total. The molecule has 0 atom stereocenters. The second-order valence-electron chi connectivity index (χ2n) is 3.70. The zero-order chi connectivity index (χ0) is 13.4. The van der Waals surface area contributed by atoms with E-state index in [9.17, 15) is 8.42 Å². The maximum absolute atomic E-state index is 11.3. The van der Waals surface area contributed by atoms with Crippen molar-refractivity contribution in [1.82, 2.24) is 4.72 Å². The van der Waals surface area contributed by atoms with Gasteiger partial charge in [0, 0.05) is 18.5 Å². The lowest BCUT2D eigenvalue weighted by Gasteiger charge is -2.04. The Kier molecular flexibility index (Phi) is 5.86. The molecule has 0 fully saturated rings. The van der Waals surface area contributed by atoms with Crippen LogP contribution in [0.1, 0.15) is 24.5 Å². The fourth-order valence-corrected chi connectivity index (χ4v) is 1.81. The molecule has 18 heavy (non-hydrogen) atoms. The Labute approximate surface area is 108 Å². The Morgan fingerprint density at radius 2 is 1.94 bits per heavy atom. The van der Waals surface area contributed by atoms with Gasteiger partial charge in [-0.3, -0.25) is 0 Å². The summed E-state index contributed by atoms with van der Waals surface area (Å²) in [6.45, 7) is 1.95. The molecular formula is C13H17NO3S. The molecule has 0 aromatic heterocycles. The van der Waals surface area contributed by atoms with E-state index in [0.717, 1.165) is 11.1 Å². The second-order valence-corrected chi connectivity index (χ2v) is 5.79. The van der Waals surface area contributed by atoms with Crippen molar-refractivity contribution in [3.63, 3.8) is 0 Å². The number of benzene rings is 1. The van der Waals surface area contributed by atoms with Gasteiger partial charge in [-0.05, 0) is 24.6 Å². The van der Waals surface area contributed by atoms with Crippen molar-refractivity contribution in [3.05, 3.63) is 35.4 Å². The summed E-state index contributed by atoms with van der Waals surface area (Å²) in [6.07, 6.45) is 0.456. The van der Waals surface area contributed by atoms with E-state index < -0.39 is 10.0 Å². The molecule has 0 aliphatic rings. The van der Waals surface area contributed by atoms with Gasteiger partial charge in [-0.2, -0.15) is 0 Å². The highest BCUT2D eigenvalue weighted by Crippen LogP contribution is 2.03. The lowest BCUT2D eigenvalue weighted by atomic mass is 10.1. The Hall–Kier alpha value is -1.35. The van der Waals surface area contributed by atoms with Gasteiger partial charge in [0.15, 0.2) is 0 Å². The monoisotopic (exact) mass is 267 g/mol. The van der Waals surface area contributed by atoms with Crippen LogP contribution in [0, 0.1) is 11.8 Å². The topological polar surface area (TPSA) is 66.4 Å². The second kappa shape index (κ2) is 7.17. The van der Waals surface area contributed by atoms with Crippen LogP contribution < -0.4 is 4.72 Å². The molecule has 2 N–H and O–H groups in total. The van der Waals surface area contributed by atoms with Crippen LogP contribution in [0.2, 0.25) is 0 Å². The Morgan fingerprint density at radius 3 is 2.50 bits per heavy atom. The lowest BCUT2D eigenvalue weighted by Crippen LogP contribution is -2.24. The van der Waals surface area contributed by atoms with Gasteiger partial charge >= 0.3 is 0 Å². The van der Waals surface area contributed by atoms with Crippen molar-refractivity contribution >= 4 is 10.0 Å². The van der Waals surface area contributed by atoms with Gasteiger partial charge in [0.2, 0.25) is 10.0 Å². The number of nitrogens with one attached hydrogen (secondary N) is 1. The van der Waals surface area contributed by atoms with E-state index in [4.69, 9.17) is 5.11 Å². The maximum Gasteiger partial charge on any atom is 0.211 e. The SMILES string of the molecule is CCS(=O)(=O)NCc1ccc(C#CCCO)cc1. The summed E-state index contributed by atoms with van der Waals surface area (Å²) in [5.74, 6) is 5.81. The van der Waals surface area contributed by atoms with Gasteiger partial charge in [0.05, 0.1) is 12.4 Å². The molecule has 0 aliphatic heterocycles. The van der Waals surface area contributed by atoms with E-state index in [1.165, 1.54) is 0 Å². The van der Waals surface area contributed by atoms with Crippen LogP contribution in [0.3, 0.4) is 0 Å². The Morgan fingerprint density at radius 1 is 1.28 bits per heavy atom. The predicted octanol–water partition coefficient (Wildman–Crippen LogP) is 0.860. The molecule has 0 spiro atoms. The van der Waals surface area contributed by atoms with Crippen LogP contribution in [-0.4, -0.2) is 25.9 Å². The molecular weight excluding hydrogens is 250 g/mol. The van der Waals surface area contributed by atoms with Crippen LogP contribution in [0.15, 0.2) is 24.3 Å². The zero-order valence-corrected chi connectivity index (χ0v) is 11.1.